The molecule has 0 unspecified atom stereocenters. The average Bonchev–Trinajstić information content (AvgIpc) is 2.45. The molecule has 21 heavy (non-hydrogen) atoms. The van der Waals surface area contributed by atoms with E-state index in [1.54, 1.807) is 0 Å². The van der Waals surface area contributed by atoms with E-state index < -0.39 is 18.4 Å². The van der Waals surface area contributed by atoms with Gasteiger partial charge >= 0.3 is 5.97 Å². The average molecular weight is 291 g/mol. The van der Waals surface area contributed by atoms with Crippen LogP contribution in [-0.2, 0) is 11.3 Å². The maximum Gasteiger partial charge on any atom is 0.323 e. The Labute approximate surface area is 122 Å². The molecule has 0 fully saturated rings. The first-order chi connectivity index (χ1) is 9.99. The van der Waals surface area contributed by atoms with E-state index in [1.165, 1.54) is 16.8 Å². The third-order valence-electron chi connectivity index (χ3n) is 2.70. The number of nitrogens with zero attached hydrogens (tertiary/aromatic N) is 3. The Hall–Kier alpha value is -2.62. The Balaban J connectivity index is 3.02. The van der Waals surface area contributed by atoms with Crippen molar-refractivity contribution in [2.45, 2.75) is 26.3 Å². The fourth-order valence-electron chi connectivity index (χ4n) is 1.67. The molecule has 1 N–H and O–H groups in total. The number of hydrogen-bond acceptors (Lipinski definition) is 4. The summed E-state index contributed by atoms with van der Waals surface area (Å²) in [7, 11) is 0. The van der Waals surface area contributed by atoms with Crippen molar-refractivity contribution in [3.8, 4) is 12.3 Å². The molecule has 1 rings (SSSR count). The van der Waals surface area contributed by atoms with Gasteiger partial charge in [-0.1, -0.05) is 19.3 Å². The van der Waals surface area contributed by atoms with Gasteiger partial charge in [-0.2, -0.15) is 5.10 Å². The molecule has 0 bridgehead atoms. The van der Waals surface area contributed by atoms with Crippen molar-refractivity contribution in [1.82, 2.24) is 14.7 Å². The van der Waals surface area contributed by atoms with Crippen LogP contribution in [-0.4, -0.2) is 44.8 Å². The minimum Gasteiger partial charge on any atom is -0.480 e. The zero-order valence-electron chi connectivity index (χ0n) is 11.8. The predicted molar refractivity (Wildman–Crippen MR) is 75.8 cm³/mol. The zero-order chi connectivity index (χ0) is 15.8. The number of aliphatic carboxylic acids is 1. The van der Waals surface area contributed by atoms with Crippen LogP contribution < -0.4 is 5.56 Å². The molecule has 0 aliphatic heterocycles. The topological polar surface area (TPSA) is 92.5 Å². The van der Waals surface area contributed by atoms with Crippen molar-refractivity contribution in [3.05, 3.63) is 28.2 Å². The van der Waals surface area contributed by atoms with E-state index in [4.69, 9.17) is 11.5 Å². The van der Waals surface area contributed by atoms with Crippen LogP contribution in [0.4, 0.5) is 0 Å². The number of carbonyl (C=O) groups excluding carboxylic acids is 1. The van der Waals surface area contributed by atoms with E-state index in [-0.39, 0.29) is 17.8 Å². The van der Waals surface area contributed by atoms with Crippen LogP contribution in [0, 0.1) is 12.3 Å². The molecular formula is C14H17N3O4. The number of rotatable bonds is 7. The van der Waals surface area contributed by atoms with Crippen molar-refractivity contribution < 1.29 is 14.7 Å². The second-order valence-corrected chi connectivity index (χ2v) is 4.39. The maximum atomic E-state index is 12.2. The zero-order valence-corrected chi connectivity index (χ0v) is 11.8. The minimum absolute atomic E-state index is 0.00204. The summed E-state index contributed by atoms with van der Waals surface area (Å²) in [4.78, 5) is 35.5. The molecule has 7 heteroatoms. The van der Waals surface area contributed by atoms with Crippen LogP contribution in [0.25, 0.3) is 0 Å². The van der Waals surface area contributed by atoms with Crippen LogP contribution in [0.1, 0.15) is 30.3 Å². The van der Waals surface area contributed by atoms with Crippen molar-refractivity contribution in [2.75, 3.05) is 13.1 Å². The summed E-state index contributed by atoms with van der Waals surface area (Å²) in [5, 5.41) is 12.8. The van der Waals surface area contributed by atoms with E-state index in [0.29, 0.717) is 6.54 Å². The molecule has 1 aromatic rings. The number of aromatic nitrogens is 2. The first-order valence-electron chi connectivity index (χ1n) is 6.52. The van der Waals surface area contributed by atoms with E-state index in [9.17, 15) is 14.4 Å². The van der Waals surface area contributed by atoms with Crippen molar-refractivity contribution in [2.24, 2.45) is 0 Å². The van der Waals surface area contributed by atoms with E-state index in [1.807, 2.05) is 6.92 Å². The molecule has 112 valence electrons. The summed E-state index contributed by atoms with van der Waals surface area (Å²) in [5.41, 5.74) is -0.302. The van der Waals surface area contributed by atoms with Gasteiger partial charge in [-0.15, -0.1) is 6.42 Å². The predicted octanol–water partition coefficient (Wildman–Crippen LogP) is 0.203. The van der Waals surface area contributed by atoms with E-state index in [2.05, 4.69) is 11.0 Å². The van der Waals surface area contributed by atoms with Gasteiger partial charge in [-0.05, 0) is 12.5 Å². The lowest BCUT2D eigenvalue weighted by Gasteiger charge is -2.17. The lowest BCUT2D eigenvalue weighted by atomic mass is 10.3. The molecule has 0 aliphatic carbocycles. The second kappa shape index (κ2) is 7.85. The van der Waals surface area contributed by atoms with Crippen LogP contribution in [0.2, 0.25) is 0 Å². The molecule has 0 saturated carbocycles. The van der Waals surface area contributed by atoms with Gasteiger partial charge in [0.05, 0.1) is 6.54 Å². The normalized spacial score (nSPS) is 9.90. The number of hydrogen-bond donors (Lipinski definition) is 1. The largest absolute Gasteiger partial charge is 0.480 e. The molecule has 0 spiro atoms. The summed E-state index contributed by atoms with van der Waals surface area (Å²) < 4.78 is 1.20. The van der Waals surface area contributed by atoms with Gasteiger partial charge in [-0.25, -0.2) is 4.68 Å². The first-order valence-corrected chi connectivity index (χ1v) is 6.52. The molecule has 1 heterocycles. The summed E-state index contributed by atoms with van der Waals surface area (Å²) in [6.45, 7) is 1.73. The molecule has 0 saturated heterocycles. The highest BCUT2D eigenvalue weighted by Crippen LogP contribution is 2.01. The van der Waals surface area contributed by atoms with Gasteiger partial charge in [0, 0.05) is 12.6 Å². The SMILES string of the molecule is C#CCN(CC(=O)O)C(=O)c1ccc(=O)n(CCCC)n1. The summed E-state index contributed by atoms with van der Waals surface area (Å²) in [6.07, 6.45) is 6.77. The standard InChI is InChI=1S/C14H17N3O4/c1-3-5-9-17-12(18)7-6-11(15-17)14(21)16(8-4-2)10-13(19)20/h2,6-7H,3,5,8-10H2,1H3,(H,19,20). The van der Waals surface area contributed by atoms with Crippen LogP contribution in [0.15, 0.2) is 16.9 Å². The summed E-state index contributed by atoms with van der Waals surface area (Å²) in [5.74, 6) is 0.450. The highest BCUT2D eigenvalue weighted by Gasteiger charge is 2.19. The third-order valence-corrected chi connectivity index (χ3v) is 2.70. The molecule has 0 atom stereocenters. The molecule has 0 aliphatic rings. The fraction of sp³-hybridized carbons (Fsp3) is 0.429. The molecule has 1 amide bonds. The molecule has 0 radical (unpaired) electrons. The maximum absolute atomic E-state index is 12.2. The van der Waals surface area contributed by atoms with Crippen molar-refractivity contribution in [3.63, 3.8) is 0 Å². The van der Waals surface area contributed by atoms with Gasteiger partial charge in [0.1, 0.15) is 12.2 Å². The Bertz CT molecular complexity index is 615. The molecule has 0 aromatic carbocycles. The van der Waals surface area contributed by atoms with E-state index >= 15 is 0 Å². The quantitative estimate of drug-likeness (QED) is 0.725. The van der Waals surface area contributed by atoms with Gasteiger partial charge in [-0.3, -0.25) is 14.4 Å². The lowest BCUT2D eigenvalue weighted by molar-refractivity contribution is -0.137. The van der Waals surface area contributed by atoms with E-state index in [0.717, 1.165) is 17.7 Å². The number of carboxylic acids is 1. The molecule has 1 aromatic heterocycles. The summed E-state index contributed by atoms with van der Waals surface area (Å²) >= 11 is 0. The number of amides is 1. The molecule has 7 nitrogen and oxygen atoms in total. The third kappa shape index (κ3) is 4.76. The Morgan fingerprint density at radius 3 is 2.76 bits per heavy atom. The smallest absolute Gasteiger partial charge is 0.323 e. The Morgan fingerprint density at radius 1 is 1.48 bits per heavy atom. The fourth-order valence-corrected chi connectivity index (χ4v) is 1.67. The van der Waals surface area contributed by atoms with Gasteiger partial charge in [0.15, 0.2) is 0 Å². The number of carboxylic acid groups (broad SMARTS) is 1. The van der Waals surface area contributed by atoms with Crippen LogP contribution in [0.3, 0.4) is 0 Å². The van der Waals surface area contributed by atoms with Gasteiger partial charge in [0.25, 0.3) is 11.5 Å². The number of carbonyl (C=O) groups is 2. The summed E-state index contributed by atoms with van der Waals surface area (Å²) in [6, 6.07) is 2.52. The Kier molecular flexibility index (Phi) is 6.14. The molecular weight excluding hydrogens is 274 g/mol. The Morgan fingerprint density at radius 2 is 2.19 bits per heavy atom. The van der Waals surface area contributed by atoms with Gasteiger partial charge in [0.2, 0.25) is 0 Å². The van der Waals surface area contributed by atoms with Crippen LogP contribution >= 0.6 is 0 Å². The number of unbranched alkanes of at least 4 members (excludes halogenated alkanes) is 1. The lowest BCUT2D eigenvalue weighted by Crippen LogP contribution is -2.37. The van der Waals surface area contributed by atoms with Crippen LogP contribution in [0.5, 0.6) is 0 Å². The first kappa shape index (κ1) is 16.4. The number of terminal acetylenes is 1. The number of aryl methyl sites for hydroxylation is 1. The monoisotopic (exact) mass is 291 g/mol. The highest BCUT2D eigenvalue weighted by molar-refractivity contribution is 5.94. The van der Waals surface area contributed by atoms with Gasteiger partial charge < -0.3 is 10.0 Å². The van der Waals surface area contributed by atoms with Crippen molar-refractivity contribution in [1.29, 1.82) is 0 Å². The highest BCUT2D eigenvalue weighted by atomic mass is 16.4. The second-order valence-electron chi connectivity index (χ2n) is 4.39. The minimum atomic E-state index is -1.17. The van der Waals surface area contributed by atoms with Crippen molar-refractivity contribution >= 4 is 11.9 Å².